The molecule has 254 valence electrons. The van der Waals surface area contributed by atoms with Crippen molar-refractivity contribution in [3.63, 3.8) is 0 Å². The molecule has 1 N–H and O–H groups in total. The highest BCUT2D eigenvalue weighted by Crippen LogP contribution is 2.43. The fourth-order valence-electron chi connectivity index (χ4n) is 8.28. The van der Waals surface area contributed by atoms with Crippen molar-refractivity contribution < 1.29 is 4.42 Å². The van der Waals surface area contributed by atoms with Crippen molar-refractivity contribution in [2.75, 3.05) is 0 Å². The van der Waals surface area contributed by atoms with Gasteiger partial charge in [-0.3, -0.25) is 4.99 Å². The van der Waals surface area contributed by atoms with Gasteiger partial charge in [-0.2, -0.15) is 0 Å². The quantitative estimate of drug-likeness (QED) is 0.146. The lowest BCUT2D eigenvalue weighted by Crippen LogP contribution is -2.23. The third-order valence-electron chi connectivity index (χ3n) is 10.8. The Balaban J connectivity index is 1.18. The number of thiophene rings is 1. The normalized spacial score (nSPS) is 14.8. The maximum atomic E-state index is 6.52. The second kappa shape index (κ2) is 12.2. The lowest BCUT2D eigenvalue weighted by molar-refractivity contribution is 0.669. The summed E-state index contributed by atoms with van der Waals surface area (Å²) in [6.45, 7) is 2.16. The molecule has 0 saturated heterocycles. The fourth-order valence-corrected chi connectivity index (χ4v) is 9.36. The van der Waals surface area contributed by atoms with E-state index in [9.17, 15) is 0 Å². The Morgan fingerprint density at radius 2 is 1.31 bits per heavy atom. The smallest absolute Gasteiger partial charge is 0.136 e. The molecule has 1 unspecified atom stereocenters. The summed E-state index contributed by atoms with van der Waals surface area (Å²) in [4.78, 5) is 5.51. The van der Waals surface area contributed by atoms with Crippen LogP contribution >= 0.6 is 11.3 Å². The molecule has 3 heterocycles. The number of furan rings is 1. The highest BCUT2D eigenvalue weighted by atomic mass is 32.1. The van der Waals surface area contributed by atoms with E-state index in [1.165, 1.54) is 41.7 Å². The molecule has 10 aromatic rings. The molecule has 0 spiro atoms. The number of aliphatic imine (C=N–C) groups is 1. The largest absolute Gasteiger partial charge is 0.456 e. The van der Waals surface area contributed by atoms with E-state index in [-0.39, 0.29) is 6.04 Å². The van der Waals surface area contributed by atoms with Crippen LogP contribution in [0.15, 0.2) is 185 Å². The maximum Gasteiger partial charge on any atom is 0.136 e. The molecule has 1 atom stereocenters. The van der Waals surface area contributed by atoms with Gasteiger partial charge in [0.25, 0.3) is 0 Å². The van der Waals surface area contributed by atoms with Crippen molar-refractivity contribution in [1.29, 1.82) is 0 Å². The maximum absolute atomic E-state index is 6.52. The Bertz CT molecular complexity index is 3250. The van der Waals surface area contributed by atoms with Crippen molar-refractivity contribution >= 4 is 86.5 Å². The molecule has 4 heteroatoms. The summed E-state index contributed by atoms with van der Waals surface area (Å²) in [5.74, 6) is 0.800. The van der Waals surface area contributed by atoms with E-state index in [0.717, 1.165) is 66.9 Å². The second-order valence-corrected chi connectivity index (χ2v) is 15.2. The third-order valence-corrected chi connectivity index (χ3v) is 12.0. The Hall–Kier alpha value is -6.71. The molecule has 1 aliphatic rings. The number of fused-ring (bicyclic) bond motifs is 9. The average Bonchev–Trinajstić information content (AvgIpc) is 3.74. The van der Waals surface area contributed by atoms with Crippen molar-refractivity contribution in [3.8, 4) is 11.1 Å². The summed E-state index contributed by atoms with van der Waals surface area (Å²) in [6, 6.07) is 58.2. The van der Waals surface area contributed by atoms with Crippen LogP contribution in [0.1, 0.15) is 29.7 Å². The molecule has 0 saturated carbocycles. The van der Waals surface area contributed by atoms with Crippen LogP contribution in [0, 0.1) is 0 Å². The number of hydrogen-bond acceptors (Lipinski definition) is 4. The zero-order valence-corrected chi connectivity index (χ0v) is 30.2. The fraction of sp³-hybridized carbons (Fsp3) is 0.0400. The standard InChI is InChI=1S/C50H32N2OS/c1-30-27-42(51-50(32-12-3-2-4-13-32)52-49(30)35-21-23-37-33(28-35)20-19-31-11-5-6-14-36(31)37)47-38(24-25-44-48(47)40-16-7-9-17-43(40)53-44)34-22-26-46-41(29-34)39-15-8-10-18-45(39)54-46/h2-26,28-29,49H,1H3,(H,51,52). The van der Waals surface area contributed by atoms with Gasteiger partial charge >= 0.3 is 0 Å². The van der Waals surface area contributed by atoms with Gasteiger partial charge in [-0.15, -0.1) is 11.3 Å². The van der Waals surface area contributed by atoms with Crippen LogP contribution in [-0.4, -0.2) is 5.84 Å². The molecule has 54 heavy (non-hydrogen) atoms. The molecule has 3 nitrogen and oxygen atoms in total. The van der Waals surface area contributed by atoms with E-state index in [4.69, 9.17) is 9.41 Å². The first-order valence-corrected chi connectivity index (χ1v) is 19.1. The minimum atomic E-state index is -0.252. The van der Waals surface area contributed by atoms with Crippen LogP contribution in [0.5, 0.6) is 0 Å². The summed E-state index contributed by atoms with van der Waals surface area (Å²) >= 11 is 1.84. The number of para-hydroxylation sites is 1. The molecule has 0 bridgehead atoms. The second-order valence-electron chi connectivity index (χ2n) is 14.1. The Kier molecular flexibility index (Phi) is 6.96. The van der Waals surface area contributed by atoms with Crippen molar-refractivity contribution in [2.45, 2.75) is 13.0 Å². The highest BCUT2D eigenvalue weighted by molar-refractivity contribution is 7.25. The first-order valence-electron chi connectivity index (χ1n) is 18.3. The molecule has 1 aliphatic heterocycles. The predicted molar refractivity (Wildman–Crippen MR) is 228 cm³/mol. The van der Waals surface area contributed by atoms with Gasteiger partial charge in [0.2, 0.25) is 0 Å². The molecule has 0 radical (unpaired) electrons. The summed E-state index contributed by atoms with van der Waals surface area (Å²) in [7, 11) is 0. The molecule has 11 rings (SSSR count). The van der Waals surface area contributed by atoms with Crippen molar-refractivity contribution in [2.24, 2.45) is 4.99 Å². The predicted octanol–water partition coefficient (Wildman–Crippen LogP) is 13.6. The zero-order valence-electron chi connectivity index (χ0n) is 29.4. The van der Waals surface area contributed by atoms with E-state index < -0.39 is 0 Å². The summed E-state index contributed by atoms with van der Waals surface area (Å²) in [6.07, 6.45) is 0. The van der Waals surface area contributed by atoms with Crippen molar-refractivity contribution in [3.05, 3.63) is 192 Å². The first kappa shape index (κ1) is 30.9. The first-order chi connectivity index (χ1) is 26.7. The molecule has 2 aromatic heterocycles. The van der Waals surface area contributed by atoms with Gasteiger partial charge < -0.3 is 9.73 Å². The minimum absolute atomic E-state index is 0.252. The van der Waals surface area contributed by atoms with E-state index in [1.54, 1.807) is 0 Å². The number of nitrogens with one attached hydrogen (secondary N) is 1. The molecular formula is C50H32N2OS. The van der Waals surface area contributed by atoms with Crippen LogP contribution in [0.25, 0.3) is 80.5 Å². The number of benzene rings is 8. The van der Waals surface area contributed by atoms with Gasteiger partial charge in [-0.1, -0.05) is 127 Å². The Morgan fingerprint density at radius 3 is 2.22 bits per heavy atom. The molecular weight excluding hydrogens is 677 g/mol. The van der Waals surface area contributed by atoms with Crippen LogP contribution < -0.4 is 5.32 Å². The number of amidine groups is 1. The number of nitrogens with zero attached hydrogens (tertiary/aromatic N) is 1. The topological polar surface area (TPSA) is 37.5 Å². The lowest BCUT2D eigenvalue weighted by Gasteiger charge is -2.17. The Labute approximate surface area is 315 Å². The average molecular weight is 709 g/mol. The molecule has 0 amide bonds. The molecule has 8 aromatic carbocycles. The van der Waals surface area contributed by atoms with Crippen LogP contribution in [0.2, 0.25) is 0 Å². The Morgan fingerprint density at radius 1 is 0.574 bits per heavy atom. The summed E-state index contributed by atoms with van der Waals surface area (Å²) in [5, 5.41) is 13.5. The summed E-state index contributed by atoms with van der Waals surface area (Å²) < 4.78 is 9.09. The summed E-state index contributed by atoms with van der Waals surface area (Å²) in [5.41, 5.74) is 12.9. The molecule has 0 aliphatic carbocycles. The van der Waals surface area contributed by atoms with Gasteiger partial charge in [0.15, 0.2) is 0 Å². The van der Waals surface area contributed by atoms with E-state index in [1.807, 2.05) is 29.5 Å². The molecule has 0 fully saturated rings. The van der Waals surface area contributed by atoms with E-state index in [2.05, 4.69) is 164 Å². The van der Waals surface area contributed by atoms with Gasteiger partial charge in [-0.25, -0.2) is 0 Å². The van der Waals surface area contributed by atoms with Crippen molar-refractivity contribution in [1.82, 2.24) is 5.32 Å². The van der Waals surface area contributed by atoms with E-state index in [0.29, 0.717) is 0 Å². The SMILES string of the molecule is CC1=C=C(c2c(-c3ccc4sc5ccccc5c4c3)ccc3oc4ccccc4c23)NC(c2ccccc2)=NC1c1ccc2c(ccc3ccccc32)c1. The van der Waals surface area contributed by atoms with E-state index >= 15 is 0 Å². The van der Waals surface area contributed by atoms with Gasteiger partial charge in [0, 0.05) is 42.1 Å². The number of hydrogen-bond donors (Lipinski definition) is 1. The monoisotopic (exact) mass is 708 g/mol. The third kappa shape index (κ3) is 4.93. The van der Waals surface area contributed by atoms with Gasteiger partial charge in [0.1, 0.15) is 23.0 Å². The van der Waals surface area contributed by atoms with Crippen LogP contribution in [0.3, 0.4) is 0 Å². The van der Waals surface area contributed by atoms with Gasteiger partial charge in [0.05, 0.1) is 5.70 Å². The lowest BCUT2D eigenvalue weighted by atomic mass is 9.91. The van der Waals surface area contributed by atoms with Crippen LogP contribution in [0.4, 0.5) is 0 Å². The zero-order chi connectivity index (χ0) is 35.8. The van der Waals surface area contributed by atoms with Crippen LogP contribution in [-0.2, 0) is 0 Å². The highest BCUT2D eigenvalue weighted by Gasteiger charge is 2.25. The minimum Gasteiger partial charge on any atom is -0.456 e. The number of rotatable bonds is 4. The van der Waals surface area contributed by atoms with Gasteiger partial charge in [-0.05, 0) is 93.2 Å².